The molecule has 26 heavy (non-hydrogen) atoms. The van der Waals surface area contributed by atoms with E-state index in [1.54, 1.807) is 6.07 Å². The van der Waals surface area contributed by atoms with Gasteiger partial charge in [-0.1, -0.05) is 29.8 Å². The van der Waals surface area contributed by atoms with Crippen molar-refractivity contribution >= 4 is 15.7 Å². The average Bonchev–Trinajstić information content (AvgIpc) is 3.25. The lowest BCUT2D eigenvalue weighted by Gasteiger charge is -2.15. The minimum atomic E-state index is -3.57. The van der Waals surface area contributed by atoms with Gasteiger partial charge in [0.25, 0.3) is 0 Å². The Hall–Kier alpha value is -2.45. The second kappa shape index (κ2) is 6.37. The van der Waals surface area contributed by atoms with Gasteiger partial charge in [-0.3, -0.25) is 0 Å². The van der Waals surface area contributed by atoms with E-state index < -0.39 is 10.0 Å². The predicted octanol–water partition coefficient (Wildman–Crippen LogP) is 1.64. The van der Waals surface area contributed by atoms with Crippen LogP contribution in [0.1, 0.15) is 24.0 Å². The molecule has 1 aromatic carbocycles. The van der Waals surface area contributed by atoms with E-state index in [-0.39, 0.29) is 10.6 Å². The van der Waals surface area contributed by atoms with Crippen LogP contribution in [-0.4, -0.2) is 40.0 Å². The number of aryl methyl sites for hydroxylation is 1. The lowest BCUT2D eigenvalue weighted by molar-refractivity contribution is 0.477. The van der Waals surface area contributed by atoms with Gasteiger partial charge in [0.15, 0.2) is 5.65 Å². The summed E-state index contributed by atoms with van der Waals surface area (Å²) in [7, 11) is -3.57. The van der Waals surface area contributed by atoms with Crippen molar-refractivity contribution in [1.29, 1.82) is 0 Å². The second-order valence-electron chi connectivity index (χ2n) is 6.63. The third kappa shape index (κ3) is 2.95. The third-order valence-electron chi connectivity index (χ3n) is 4.67. The molecule has 3 aromatic rings. The Morgan fingerprint density at radius 2 is 1.88 bits per heavy atom. The molecule has 0 amide bonds. The van der Waals surface area contributed by atoms with E-state index in [4.69, 9.17) is 0 Å². The maximum Gasteiger partial charge on any atom is 0.350 e. The van der Waals surface area contributed by atoms with Crippen LogP contribution in [0.2, 0.25) is 0 Å². The predicted molar refractivity (Wildman–Crippen MR) is 97.7 cm³/mol. The van der Waals surface area contributed by atoms with Gasteiger partial charge in [-0.25, -0.2) is 22.3 Å². The topological polar surface area (TPSA) is 76.7 Å². The summed E-state index contributed by atoms with van der Waals surface area (Å²) in [6, 6.07) is 11.0. The molecule has 0 radical (unpaired) electrons. The highest BCUT2D eigenvalue weighted by Crippen LogP contribution is 2.20. The number of pyridine rings is 1. The molecule has 1 saturated heterocycles. The standard InChI is InChI=1S/C18H20N4O3S/c1-14-5-4-6-15(11-14)12-22-18(23)21-13-16(7-8-17(21)19-22)26(24,25)20-9-2-3-10-20/h4-8,11,13H,2-3,9-10,12H2,1H3. The lowest BCUT2D eigenvalue weighted by Crippen LogP contribution is -2.28. The quantitative estimate of drug-likeness (QED) is 0.698. The normalized spacial score (nSPS) is 15.7. The molecule has 0 spiro atoms. The Balaban J connectivity index is 1.73. The van der Waals surface area contributed by atoms with Gasteiger partial charge < -0.3 is 0 Å². The molecule has 0 N–H and O–H groups in total. The summed E-state index contributed by atoms with van der Waals surface area (Å²) in [6.45, 7) is 3.39. The summed E-state index contributed by atoms with van der Waals surface area (Å²) in [5.41, 5.74) is 2.17. The molecular weight excluding hydrogens is 352 g/mol. The van der Waals surface area contributed by atoms with E-state index in [0.29, 0.717) is 25.3 Å². The van der Waals surface area contributed by atoms with E-state index in [1.165, 1.54) is 25.7 Å². The summed E-state index contributed by atoms with van der Waals surface area (Å²) in [5.74, 6) is 0. The van der Waals surface area contributed by atoms with Crippen LogP contribution in [0.3, 0.4) is 0 Å². The molecule has 1 aliphatic heterocycles. The molecule has 2 aromatic heterocycles. The van der Waals surface area contributed by atoms with Crippen molar-refractivity contribution in [1.82, 2.24) is 18.5 Å². The molecule has 0 unspecified atom stereocenters. The lowest BCUT2D eigenvalue weighted by atomic mass is 10.1. The zero-order valence-corrected chi connectivity index (χ0v) is 15.3. The highest BCUT2D eigenvalue weighted by Gasteiger charge is 2.27. The largest absolute Gasteiger partial charge is 0.350 e. The van der Waals surface area contributed by atoms with Crippen LogP contribution < -0.4 is 5.69 Å². The molecule has 0 bridgehead atoms. The number of benzene rings is 1. The second-order valence-corrected chi connectivity index (χ2v) is 8.57. The highest BCUT2D eigenvalue weighted by atomic mass is 32.2. The summed E-state index contributed by atoms with van der Waals surface area (Å²) in [5, 5.41) is 4.32. The number of hydrogen-bond donors (Lipinski definition) is 0. The zero-order valence-electron chi connectivity index (χ0n) is 14.5. The Kier molecular flexibility index (Phi) is 4.16. The first-order valence-electron chi connectivity index (χ1n) is 8.60. The Morgan fingerprint density at radius 3 is 2.62 bits per heavy atom. The number of aromatic nitrogens is 3. The molecular formula is C18H20N4O3S. The number of hydrogen-bond acceptors (Lipinski definition) is 4. The van der Waals surface area contributed by atoms with Gasteiger partial charge in [-0.05, 0) is 37.5 Å². The summed E-state index contributed by atoms with van der Waals surface area (Å²) in [6.07, 6.45) is 3.12. The molecule has 0 atom stereocenters. The fourth-order valence-corrected chi connectivity index (χ4v) is 4.83. The Bertz CT molecular complexity index is 1120. The van der Waals surface area contributed by atoms with Crippen molar-refractivity contribution in [3.05, 3.63) is 64.2 Å². The van der Waals surface area contributed by atoms with Crippen LogP contribution in [0, 0.1) is 6.92 Å². The van der Waals surface area contributed by atoms with E-state index in [9.17, 15) is 13.2 Å². The van der Waals surface area contributed by atoms with Gasteiger partial charge in [0.05, 0.1) is 11.4 Å². The van der Waals surface area contributed by atoms with Crippen LogP contribution in [0.4, 0.5) is 0 Å². The van der Waals surface area contributed by atoms with Gasteiger partial charge in [-0.15, -0.1) is 5.10 Å². The van der Waals surface area contributed by atoms with Crippen molar-refractivity contribution < 1.29 is 8.42 Å². The third-order valence-corrected chi connectivity index (χ3v) is 6.55. The van der Waals surface area contributed by atoms with Gasteiger partial charge in [0, 0.05) is 19.3 Å². The minimum Gasteiger partial charge on any atom is -0.249 e. The monoisotopic (exact) mass is 372 g/mol. The van der Waals surface area contributed by atoms with Crippen LogP contribution in [-0.2, 0) is 16.6 Å². The van der Waals surface area contributed by atoms with Crippen molar-refractivity contribution in [2.45, 2.75) is 31.2 Å². The Morgan fingerprint density at radius 1 is 1.12 bits per heavy atom. The minimum absolute atomic E-state index is 0.129. The fourth-order valence-electron chi connectivity index (χ4n) is 3.32. The maximum atomic E-state index is 12.7. The average molecular weight is 372 g/mol. The van der Waals surface area contributed by atoms with E-state index in [2.05, 4.69) is 5.10 Å². The first kappa shape index (κ1) is 17.0. The van der Waals surface area contributed by atoms with Crippen LogP contribution in [0.15, 0.2) is 52.3 Å². The zero-order chi connectivity index (χ0) is 18.3. The molecule has 0 saturated carbocycles. The first-order chi connectivity index (χ1) is 12.4. The number of nitrogens with zero attached hydrogens (tertiary/aromatic N) is 4. The van der Waals surface area contributed by atoms with E-state index in [1.807, 2.05) is 31.2 Å². The number of sulfonamides is 1. The smallest absolute Gasteiger partial charge is 0.249 e. The van der Waals surface area contributed by atoms with Gasteiger partial charge in [0.2, 0.25) is 10.0 Å². The van der Waals surface area contributed by atoms with Gasteiger partial charge >= 0.3 is 5.69 Å². The van der Waals surface area contributed by atoms with Gasteiger partial charge in [0.1, 0.15) is 0 Å². The van der Waals surface area contributed by atoms with E-state index in [0.717, 1.165) is 24.0 Å². The molecule has 1 fully saturated rings. The maximum absolute atomic E-state index is 12.7. The highest BCUT2D eigenvalue weighted by molar-refractivity contribution is 7.89. The van der Waals surface area contributed by atoms with Crippen LogP contribution in [0.25, 0.3) is 5.65 Å². The SMILES string of the molecule is Cc1cccc(Cn2nc3ccc(S(=O)(=O)N4CCCC4)cn3c2=O)c1. The molecule has 3 heterocycles. The van der Waals surface area contributed by atoms with Crippen LogP contribution >= 0.6 is 0 Å². The molecule has 8 heteroatoms. The fraction of sp³-hybridized carbons (Fsp3) is 0.333. The van der Waals surface area contributed by atoms with E-state index >= 15 is 0 Å². The first-order valence-corrected chi connectivity index (χ1v) is 10.0. The summed E-state index contributed by atoms with van der Waals surface area (Å²) in [4.78, 5) is 12.8. The number of rotatable bonds is 4. The molecule has 0 aliphatic carbocycles. The van der Waals surface area contributed by atoms with Crippen LogP contribution in [0.5, 0.6) is 0 Å². The van der Waals surface area contributed by atoms with Crippen molar-refractivity contribution in [2.24, 2.45) is 0 Å². The number of fused-ring (bicyclic) bond motifs is 1. The summed E-state index contributed by atoms with van der Waals surface area (Å²) >= 11 is 0. The van der Waals surface area contributed by atoms with Gasteiger partial charge in [-0.2, -0.15) is 4.31 Å². The molecule has 136 valence electrons. The molecule has 7 nitrogen and oxygen atoms in total. The Labute approximate surface area is 151 Å². The molecule has 1 aliphatic rings. The molecule has 4 rings (SSSR count). The van der Waals surface area contributed by atoms with Crippen molar-refractivity contribution in [3.8, 4) is 0 Å². The van der Waals surface area contributed by atoms with Crippen molar-refractivity contribution in [3.63, 3.8) is 0 Å². The van der Waals surface area contributed by atoms with Crippen molar-refractivity contribution in [2.75, 3.05) is 13.1 Å². The summed E-state index contributed by atoms with van der Waals surface area (Å²) < 4.78 is 29.5.